The first-order valence-electron chi connectivity index (χ1n) is 17.1. The molecule has 234 valence electrons. The molecule has 2 aromatic carbocycles. The minimum absolute atomic E-state index is 0.511. The summed E-state index contributed by atoms with van der Waals surface area (Å²) in [5.74, 6) is 1.21. The van der Waals surface area contributed by atoms with Crippen molar-refractivity contribution in [2.24, 2.45) is 5.92 Å². The average molecular weight is 582 g/mol. The van der Waals surface area contributed by atoms with Crippen molar-refractivity contribution in [3.8, 4) is 0 Å². The van der Waals surface area contributed by atoms with E-state index in [0.29, 0.717) is 11.8 Å². The Balaban J connectivity index is 1.50. The van der Waals surface area contributed by atoms with E-state index in [0.717, 1.165) is 38.0 Å². The standard InChI is InChI=1S/C40H59N3/c1-5-8-11-12-14-24-40(38-22-15-13-16-23-38)34-43-29-18-21-37(33-43)31-36-20-17-25-39(32-36)35(4)41-26-19-30-42(27-9-6-2)28-10-7-3/h5,8,11-17,20,22-23,25,32,37,40-41H,1,4,6-7,9-10,18-19,21,24,26-31,33-34H2,2-3H3/b11-8-,14-12-. The normalized spacial score (nSPS) is 16.7. The Morgan fingerprint density at radius 1 is 0.977 bits per heavy atom. The first-order valence-corrected chi connectivity index (χ1v) is 17.1. The summed E-state index contributed by atoms with van der Waals surface area (Å²) in [5, 5.41) is 3.63. The molecule has 2 aromatic rings. The van der Waals surface area contributed by atoms with Gasteiger partial charge in [0.15, 0.2) is 0 Å². The van der Waals surface area contributed by atoms with Crippen LogP contribution in [-0.4, -0.2) is 55.6 Å². The van der Waals surface area contributed by atoms with Gasteiger partial charge in [0.2, 0.25) is 0 Å². The first-order chi connectivity index (χ1) is 21.1. The van der Waals surface area contributed by atoms with Crippen molar-refractivity contribution in [2.75, 3.05) is 45.8 Å². The van der Waals surface area contributed by atoms with E-state index in [9.17, 15) is 0 Å². The number of nitrogens with one attached hydrogen (secondary N) is 1. The van der Waals surface area contributed by atoms with Crippen LogP contribution in [0.3, 0.4) is 0 Å². The second-order valence-electron chi connectivity index (χ2n) is 12.4. The molecule has 1 saturated heterocycles. The van der Waals surface area contributed by atoms with Crippen molar-refractivity contribution in [1.29, 1.82) is 0 Å². The molecule has 0 aliphatic carbocycles. The van der Waals surface area contributed by atoms with Gasteiger partial charge in [-0.15, -0.1) is 0 Å². The molecule has 2 atom stereocenters. The molecule has 0 bridgehead atoms. The van der Waals surface area contributed by atoms with Crippen LogP contribution in [0.15, 0.2) is 98.1 Å². The molecule has 1 aliphatic rings. The highest BCUT2D eigenvalue weighted by Crippen LogP contribution is 2.27. The van der Waals surface area contributed by atoms with Gasteiger partial charge >= 0.3 is 0 Å². The van der Waals surface area contributed by atoms with E-state index >= 15 is 0 Å². The van der Waals surface area contributed by atoms with Crippen LogP contribution >= 0.6 is 0 Å². The monoisotopic (exact) mass is 581 g/mol. The van der Waals surface area contributed by atoms with Gasteiger partial charge in [0, 0.05) is 31.2 Å². The molecule has 0 radical (unpaired) electrons. The lowest BCUT2D eigenvalue weighted by Gasteiger charge is -2.35. The molecular weight excluding hydrogens is 522 g/mol. The lowest BCUT2D eigenvalue weighted by Crippen LogP contribution is -2.38. The zero-order valence-electron chi connectivity index (χ0n) is 27.4. The highest BCUT2D eigenvalue weighted by atomic mass is 15.1. The average Bonchev–Trinajstić information content (AvgIpc) is 3.04. The van der Waals surface area contributed by atoms with Crippen molar-refractivity contribution >= 4 is 5.70 Å². The SMILES string of the molecule is C=C/C=C\C=C/CC(CN1CCCC(Cc2cccc(C(=C)NCCCN(CCCC)CCCC)c2)C1)c1ccccc1. The van der Waals surface area contributed by atoms with Gasteiger partial charge in [0.25, 0.3) is 0 Å². The Bertz CT molecular complexity index is 1090. The predicted molar refractivity (Wildman–Crippen MR) is 189 cm³/mol. The summed E-state index contributed by atoms with van der Waals surface area (Å²) in [7, 11) is 0. The Labute approximate surface area is 264 Å². The van der Waals surface area contributed by atoms with Crippen LogP contribution in [0.5, 0.6) is 0 Å². The fourth-order valence-electron chi connectivity index (χ4n) is 6.26. The summed E-state index contributed by atoms with van der Waals surface area (Å²) in [4.78, 5) is 5.36. The maximum atomic E-state index is 4.40. The van der Waals surface area contributed by atoms with Crippen LogP contribution in [0.1, 0.15) is 87.8 Å². The van der Waals surface area contributed by atoms with Crippen LogP contribution in [-0.2, 0) is 6.42 Å². The second-order valence-corrected chi connectivity index (χ2v) is 12.4. The minimum atomic E-state index is 0.511. The van der Waals surface area contributed by atoms with Crippen LogP contribution in [0.2, 0.25) is 0 Å². The fourth-order valence-corrected chi connectivity index (χ4v) is 6.26. The van der Waals surface area contributed by atoms with Crippen LogP contribution in [0, 0.1) is 5.92 Å². The molecule has 0 saturated carbocycles. The van der Waals surface area contributed by atoms with E-state index in [4.69, 9.17) is 0 Å². The molecule has 0 aromatic heterocycles. The molecule has 0 spiro atoms. The number of piperidine rings is 1. The van der Waals surface area contributed by atoms with Gasteiger partial charge in [-0.25, -0.2) is 0 Å². The Hall–Kier alpha value is -2.88. The van der Waals surface area contributed by atoms with Crippen LogP contribution < -0.4 is 5.32 Å². The number of hydrogen-bond acceptors (Lipinski definition) is 3. The topological polar surface area (TPSA) is 18.5 Å². The van der Waals surface area contributed by atoms with Crippen molar-refractivity contribution in [2.45, 2.75) is 77.6 Å². The lowest BCUT2D eigenvalue weighted by molar-refractivity contribution is 0.165. The van der Waals surface area contributed by atoms with E-state index < -0.39 is 0 Å². The highest BCUT2D eigenvalue weighted by molar-refractivity contribution is 5.62. The molecule has 3 heteroatoms. The summed E-state index contributed by atoms with van der Waals surface area (Å²) in [6.07, 6.45) is 21.4. The van der Waals surface area contributed by atoms with Gasteiger partial charge in [-0.2, -0.15) is 0 Å². The first kappa shape index (κ1) is 34.6. The minimum Gasteiger partial charge on any atom is -0.385 e. The van der Waals surface area contributed by atoms with Gasteiger partial charge in [-0.3, -0.25) is 0 Å². The third-order valence-electron chi connectivity index (χ3n) is 8.71. The number of nitrogens with zero attached hydrogens (tertiary/aromatic N) is 2. The van der Waals surface area contributed by atoms with E-state index in [1.807, 2.05) is 12.2 Å². The van der Waals surface area contributed by atoms with Crippen molar-refractivity contribution < 1.29 is 0 Å². The molecule has 2 unspecified atom stereocenters. The van der Waals surface area contributed by atoms with Crippen molar-refractivity contribution in [1.82, 2.24) is 15.1 Å². The van der Waals surface area contributed by atoms with E-state index in [2.05, 4.69) is 115 Å². The smallest absolute Gasteiger partial charge is 0.0340 e. The van der Waals surface area contributed by atoms with Gasteiger partial charge in [0.1, 0.15) is 0 Å². The molecule has 1 aliphatic heterocycles. The predicted octanol–water partition coefficient (Wildman–Crippen LogP) is 9.27. The second kappa shape index (κ2) is 20.9. The molecule has 3 rings (SSSR count). The molecule has 0 amide bonds. The summed E-state index contributed by atoms with van der Waals surface area (Å²) in [5.41, 5.74) is 5.17. The largest absolute Gasteiger partial charge is 0.385 e. The van der Waals surface area contributed by atoms with Gasteiger partial charge in [-0.05, 0) is 99.8 Å². The number of benzene rings is 2. The maximum absolute atomic E-state index is 4.40. The Morgan fingerprint density at radius 2 is 1.74 bits per heavy atom. The third kappa shape index (κ3) is 13.5. The number of unbranched alkanes of at least 4 members (excludes halogenated alkanes) is 2. The highest BCUT2D eigenvalue weighted by Gasteiger charge is 2.23. The third-order valence-corrected chi connectivity index (χ3v) is 8.71. The quantitative estimate of drug-likeness (QED) is 0.117. The van der Waals surface area contributed by atoms with Crippen LogP contribution in [0.4, 0.5) is 0 Å². The number of rotatable bonds is 21. The number of allylic oxidation sites excluding steroid dienone is 5. The molecule has 1 fully saturated rings. The zero-order valence-corrected chi connectivity index (χ0v) is 27.4. The van der Waals surface area contributed by atoms with Crippen molar-refractivity contribution in [3.05, 3.63) is 115 Å². The summed E-state index contributed by atoms with van der Waals surface area (Å²) < 4.78 is 0. The lowest BCUT2D eigenvalue weighted by atomic mass is 9.89. The van der Waals surface area contributed by atoms with E-state index in [1.54, 1.807) is 0 Å². The maximum Gasteiger partial charge on any atom is 0.0340 e. The molecule has 1 heterocycles. The van der Waals surface area contributed by atoms with E-state index in [-0.39, 0.29) is 0 Å². The summed E-state index contributed by atoms with van der Waals surface area (Å²) in [6, 6.07) is 20.2. The molecular formula is C40H59N3. The van der Waals surface area contributed by atoms with Gasteiger partial charge < -0.3 is 15.1 Å². The van der Waals surface area contributed by atoms with Gasteiger partial charge in [0.05, 0.1) is 0 Å². The van der Waals surface area contributed by atoms with Crippen LogP contribution in [0.25, 0.3) is 5.70 Å². The Kier molecular flexibility index (Phi) is 16.8. The number of hydrogen-bond donors (Lipinski definition) is 1. The number of likely N-dealkylation sites (tertiary alicyclic amines) is 1. The molecule has 43 heavy (non-hydrogen) atoms. The molecule has 1 N–H and O–H groups in total. The van der Waals surface area contributed by atoms with Crippen molar-refractivity contribution in [3.63, 3.8) is 0 Å². The Morgan fingerprint density at radius 3 is 2.49 bits per heavy atom. The van der Waals surface area contributed by atoms with Gasteiger partial charge in [-0.1, -0.05) is 119 Å². The van der Waals surface area contributed by atoms with E-state index in [1.165, 1.54) is 87.9 Å². The molecule has 3 nitrogen and oxygen atoms in total. The summed E-state index contributed by atoms with van der Waals surface area (Å²) >= 11 is 0. The zero-order chi connectivity index (χ0) is 30.5. The summed E-state index contributed by atoms with van der Waals surface area (Å²) in [6.45, 7) is 20.9. The fraction of sp³-hybridized carbons (Fsp3) is 0.500.